The minimum absolute atomic E-state index is 0.298. The minimum Gasteiger partial charge on any atom is -0.245 e. The van der Waals surface area contributed by atoms with E-state index in [4.69, 9.17) is 11.6 Å². The lowest BCUT2D eigenvalue weighted by Crippen LogP contribution is -1.85. The Balaban J connectivity index is 2.24. The molecular formula is C9H6ClFN2S2. The van der Waals surface area contributed by atoms with Gasteiger partial charge in [0, 0.05) is 17.3 Å². The average Bonchev–Trinajstić information content (AvgIpc) is 2.56. The summed E-state index contributed by atoms with van der Waals surface area (Å²) in [7, 11) is 0. The summed E-state index contributed by atoms with van der Waals surface area (Å²) < 4.78 is 14.1. The fourth-order valence-electron chi connectivity index (χ4n) is 0.939. The first-order chi connectivity index (χ1) is 7.15. The molecule has 15 heavy (non-hydrogen) atoms. The monoisotopic (exact) mass is 260 g/mol. The van der Waals surface area contributed by atoms with Crippen LogP contribution in [0.3, 0.4) is 0 Å². The van der Waals surface area contributed by atoms with Crippen LogP contribution >= 0.6 is 34.7 Å². The van der Waals surface area contributed by atoms with Crippen molar-refractivity contribution in [2.24, 2.45) is 0 Å². The molecule has 0 fully saturated rings. The zero-order valence-electron chi connectivity index (χ0n) is 7.70. The Bertz CT molecular complexity index is 487. The van der Waals surface area contributed by atoms with Crippen molar-refractivity contribution in [2.45, 2.75) is 16.3 Å². The van der Waals surface area contributed by atoms with E-state index in [9.17, 15) is 4.39 Å². The molecule has 2 aromatic heterocycles. The topological polar surface area (TPSA) is 25.8 Å². The number of nitrogens with zero attached hydrogens (tertiary/aromatic N) is 2. The number of thiazole rings is 1. The van der Waals surface area contributed by atoms with Crippen molar-refractivity contribution >= 4 is 34.7 Å². The van der Waals surface area contributed by atoms with Crippen molar-refractivity contribution in [3.05, 3.63) is 34.2 Å². The van der Waals surface area contributed by atoms with Crippen LogP contribution in [0, 0.1) is 12.7 Å². The summed E-state index contributed by atoms with van der Waals surface area (Å²) in [6, 6.07) is 1.25. The van der Waals surface area contributed by atoms with Crippen LogP contribution in [0.2, 0.25) is 5.02 Å². The fraction of sp³-hybridized carbons (Fsp3) is 0.111. The summed E-state index contributed by atoms with van der Waals surface area (Å²) in [5, 5.41) is 2.51. The Morgan fingerprint density at radius 2 is 2.33 bits per heavy atom. The maximum atomic E-state index is 13.4. The summed E-state index contributed by atoms with van der Waals surface area (Å²) in [6.07, 6.45) is 1.42. The van der Waals surface area contributed by atoms with Crippen LogP contribution in [-0.4, -0.2) is 9.97 Å². The molecule has 0 N–H and O–H groups in total. The molecule has 0 atom stereocenters. The predicted octanol–water partition coefficient (Wildman–Crippen LogP) is 3.79. The average molecular weight is 261 g/mol. The van der Waals surface area contributed by atoms with E-state index in [-0.39, 0.29) is 0 Å². The van der Waals surface area contributed by atoms with Gasteiger partial charge in [0.25, 0.3) is 0 Å². The third kappa shape index (κ3) is 2.68. The number of hydrogen-bond donors (Lipinski definition) is 0. The van der Waals surface area contributed by atoms with Crippen molar-refractivity contribution in [2.75, 3.05) is 0 Å². The maximum absolute atomic E-state index is 13.4. The van der Waals surface area contributed by atoms with Crippen molar-refractivity contribution in [1.82, 2.24) is 9.97 Å². The molecule has 0 unspecified atom stereocenters. The van der Waals surface area contributed by atoms with E-state index in [0.29, 0.717) is 10.0 Å². The lowest BCUT2D eigenvalue weighted by atomic mass is 10.5. The second kappa shape index (κ2) is 4.47. The van der Waals surface area contributed by atoms with Crippen LogP contribution in [-0.2, 0) is 0 Å². The number of hydrogen-bond acceptors (Lipinski definition) is 4. The summed E-state index contributed by atoms with van der Waals surface area (Å²) in [6.45, 7) is 1.90. The van der Waals surface area contributed by atoms with Gasteiger partial charge in [0.1, 0.15) is 5.03 Å². The van der Waals surface area contributed by atoms with Crippen molar-refractivity contribution in [1.29, 1.82) is 0 Å². The molecular weight excluding hydrogens is 255 g/mol. The maximum Gasteiger partial charge on any atom is 0.157 e. The summed E-state index contributed by atoms with van der Waals surface area (Å²) >= 11 is 8.28. The van der Waals surface area contributed by atoms with Gasteiger partial charge in [-0.2, -0.15) is 0 Å². The Labute approximate surface area is 99.5 Å². The molecule has 78 valence electrons. The Morgan fingerprint density at radius 3 is 2.93 bits per heavy atom. The fourth-order valence-corrected chi connectivity index (χ4v) is 2.79. The predicted molar refractivity (Wildman–Crippen MR) is 60.2 cm³/mol. The molecule has 0 aliphatic rings. The van der Waals surface area contributed by atoms with Gasteiger partial charge in [-0.05, 0) is 24.8 Å². The highest BCUT2D eigenvalue weighted by Crippen LogP contribution is 2.31. The van der Waals surface area contributed by atoms with Crippen molar-refractivity contribution in [3.8, 4) is 0 Å². The summed E-state index contributed by atoms with van der Waals surface area (Å²) in [4.78, 5) is 8.12. The first-order valence-electron chi connectivity index (χ1n) is 4.06. The Hall–Kier alpha value is -0.650. The van der Waals surface area contributed by atoms with E-state index in [2.05, 4.69) is 9.97 Å². The molecule has 2 heterocycles. The van der Waals surface area contributed by atoms with E-state index < -0.39 is 5.82 Å². The van der Waals surface area contributed by atoms with Gasteiger partial charge in [-0.15, -0.1) is 11.3 Å². The first-order valence-corrected chi connectivity index (χ1v) is 6.13. The molecule has 0 aliphatic heterocycles. The van der Waals surface area contributed by atoms with Gasteiger partial charge in [-0.1, -0.05) is 11.6 Å². The smallest absolute Gasteiger partial charge is 0.157 e. The number of aryl methyl sites for hydroxylation is 1. The highest BCUT2D eigenvalue weighted by atomic mass is 35.5. The van der Waals surface area contributed by atoms with E-state index >= 15 is 0 Å². The third-order valence-electron chi connectivity index (χ3n) is 1.56. The lowest BCUT2D eigenvalue weighted by Gasteiger charge is -1.98. The zero-order valence-corrected chi connectivity index (χ0v) is 10.1. The van der Waals surface area contributed by atoms with Crippen LogP contribution in [0.15, 0.2) is 27.0 Å². The molecule has 0 saturated carbocycles. The van der Waals surface area contributed by atoms with E-state index in [1.807, 2.05) is 12.3 Å². The largest absolute Gasteiger partial charge is 0.245 e. The van der Waals surface area contributed by atoms with Gasteiger partial charge in [-0.25, -0.2) is 14.4 Å². The summed E-state index contributed by atoms with van der Waals surface area (Å²) in [5.41, 5.74) is 0.928. The molecule has 0 bridgehead atoms. The first kappa shape index (κ1) is 10.9. The second-order valence-electron chi connectivity index (χ2n) is 2.80. The van der Waals surface area contributed by atoms with Crippen molar-refractivity contribution < 1.29 is 4.39 Å². The Morgan fingerprint density at radius 1 is 1.53 bits per heavy atom. The molecule has 0 aromatic carbocycles. The molecule has 2 aromatic rings. The number of aromatic nitrogens is 2. The zero-order chi connectivity index (χ0) is 10.8. The lowest BCUT2D eigenvalue weighted by molar-refractivity contribution is 0.588. The number of pyridine rings is 1. The van der Waals surface area contributed by atoms with Gasteiger partial charge in [0.2, 0.25) is 0 Å². The highest BCUT2D eigenvalue weighted by molar-refractivity contribution is 8.01. The van der Waals surface area contributed by atoms with Gasteiger partial charge in [-0.3, -0.25) is 0 Å². The van der Waals surface area contributed by atoms with Crippen LogP contribution < -0.4 is 0 Å². The van der Waals surface area contributed by atoms with Gasteiger partial charge >= 0.3 is 0 Å². The van der Waals surface area contributed by atoms with Gasteiger partial charge in [0.15, 0.2) is 10.2 Å². The quantitative estimate of drug-likeness (QED) is 0.822. The van der Waals surface area contributed by atoms with Crippen molar-refractivity contribution in [3.63, 3.8) is 0 Å². The minimum atomic E-state index is -0.416. The van der Waals surface area contributed by atoms with Crippen LogP contribution in [0.5, 0.6) is 0 Å². The number of halogens is 2. The van der Waals surface area contributed by atoms with E-state index in [1.54, 1.807) is 0 Å². The molecule has 0 saturated heterocycles. The highest BCUT2D eigenvalue weighted by Gasteiger charge is 2.08. The molecule has 2 rings (SSSR count). The Kier molecular flexibility index (Phi) is 3.23. The van der Waals surface area contributed by atoms with E-state index in [0.717, 1.165) is 10.0 Å². The van der Waals surface area contributed by atoms with Crippen LogP contribution in [0.4, 0.5) is 4.39 Å². The number of rotatable bonds is 2. The molecule has 0 aliphatic carbocycles. The standard InChI is InChI=1S/C9H6ClFN2S2/c1-5-4-14-9(13-5)15-8-7(11)2-6(10)3-12-8/h2-4H,1H3. The van der Waals surface area contributed by atoms with Gasteiger partial charge < -0.3 is 0 Å². The van der Waals surface area contributed by atoms with Gasteiger partial charge in [0.05, 0.1) is 5.02 Å². The SMILES string of the molecule is Cc1csc(Sc2ncc(Cl)cc2F)n1. The van der Waals surface area contributed by atoms with Crippen LogP contribution in [0.1, 0.15) is 5.69 Å². The third-order valence-corrected chi connectivity index (χ3v) is 3.81. The molecule has 2 nitrogen and oxygen atoms in total. The van der Waals surface area contributed by atoms with E-state index in [1.165, 1.54) is 35.4 Å². The normalized spacial score (nSPS) is 10.6. The molecule has 0 amide bonds. The molecule has 0 radical (unpaired) electrons. The van der Waals surface area contributed by atoms with Crippen LogP contribution in [0.25, 0.3) is 0 Å². The molecule has 0 spiro atoms. The molecule has 6 heteroatoms. The summed E-state index contributed by atoms with van der Waals surface area (Å²) in [5.74, 6) is -0.416. The second-order valence-corrected chi connectivity index (χ2v) is 5.33.